The van der Waals surface area contributed by atoms with Crippen molar-refractivity contribution in [1.29, 1.82) is 0 Å². The molecule has 1 aromatic heterocycles. The van der Waals surface area contributed by atoms with Gasteiger partial charge >= 0.3 is 0 Å². The van der Waals surface area contributed by atoms with Gasteiger partial charge in [0.2, 0.25) is 0 Å². The highest BCUT2D eigenvalue weighted by Gasteiger charge is 2.15. The molecule has 1 heterocycles. The molecule has 0 spiro atoms. The number of methoxy groups -OCH3 is 1. The van der Waals surface area contributed by atoms with Crippen LogP contribution in [0.3, 0.4) is 0 Å². The van der Waals surface area contributed by atoms with E-state index in [9.17, 15) is 0 Å². The Morgan fingerprint density at radius 2 is 2.04 bits per heavy atom. The van der Waals surface area contributed by atoms with Crippen LogP contribution in [0.5, 0.6) is 11.5 Å². The van der Waals surface area contributed by atoms with Gasteiger partial charge in [-0.3, -0.25) is 0 Å². The fourth-order valence-electron chi connectivity index (χ4n) is 2.58. The van der Waals surface area contributed by atoms with Crippen molar-refractivity contribution < 1.29 is 9.47 Å². The largest absolute Gasteiger partial charge is 0.496 e. The van der Waals surface area contributed by atoms with Gasteiger partial charge in [0.1, 0.15) is 17.3 Å². The molecular formula is C18H19BrN2O2. The van der Waals surface area contributed by atoms with Gasteiger partial charge in [-0.2, -0.15) is 0 Å². The zero-order valence-corrected chi connectivity index (χ0v) is 15.0. The number of imidazole rings is 1. The van der Waals surface area contributed by atoms with E-state index in [2.05, 4.69) is 40.0 Å². The third-order valence-corrected chi connectivity index (χ3v) is 4.49. The topological polar surface area (TPSA) is 47.1 Å². The molecule has 0 aliphatic carbocycles. The van der Waals surface area contributed by atoms with Crippen LogP contribution in [0.1, 0.15) is 31.2 Å². The fourth-order valence-corrected chi connectivity index (χ4v) is 3.14. The molecule has 120 valence electrons. The van der Waals surface area contributed by atoms with Gasteiger partial charge in [-0.05, 0) is 52.7 Å². The Kier molecular flexibility index (Phi) is 4.57. The van der Waals surface area contributed by atoms with Gasteiger partial charge in [0.15, 0.2) is 0 Å². The Morgan fingerprint density at radius 3 is 2.74 bits per heavy atom. The number of aromatic nitrogens is 2. The molecule has 0 saturated carbocycles. The Balaban J connectivity index is 1.94. The lowest BCUT2D eigenvalue weighted by Crippen LogP contribution is -1.99. The van der Waals surface area contributed by atoms with Gasteiger partial charge in [-0.15, -0.1) is 0 Å². The second kappa shape index (κ2) is 6.62. The molecule has 0 saturated heterocycles. The van der Waals surface area contributed by atoms with Crippen molar-refractivity contribution in [2.45, 2.75) is 19.8 Å². The van der Waals surface area contributed by atoms with E-state index in [0.29, 0.717) is 6.61 Å². The predicted molar refractivity (Wildman–Crippen MR) is 95.5 cm³/mol. The Hall–Kier alpha value is -2.01. The number of ether oxygens (including phenoxy) is 2. The van der Waals surface area contributed by atoms with Crippen LogP contribution in [0, 0.1) is 0 Å². The molecule has 3 rings (SSSR count). The zero-order valence-electron chi connectivity index (χ0n) is 13.4. The summed E-state index contributed by atoms with van der Waals surface area (Å²) in [6.45, 7) is 4.76. The number of H-pyrrole nitrogens is 1. The Morgan fingerprint density at radius 1 is 1.22 bits per heavy atom. The lowest BCUT2D eigenvalue weighted by Gasteiger charge is -2.11. The average Bonchev–Trinajstić information content (AvgIpc) is 2.97. The first-order valence-corrected chi connectivity index (χ1v) is 8.37. The van der Waals surface area contributed by atoms with E-state index < -0.39 is 0 Å². The maximum absolute atomic E-state index is 5.54. The van der Waals surface area contributed by atoms with Crippen LogP contribution >= 0.6 is 15.9 Å². The lowest BCUT2D eigenvalue weighted by atomic mass is 10.0. The molecule has 1 unspecified atom stereocenters. The maximum atomic E-state index is 5.54. The summed E-state index contributed by atoms with van der Waals surface area (Å²) < 4.78 is 11.8. The van der Waals surface area contributed by atoms with Crippen molar-refractivity contribution in [2.24, 2.45) is 0 Å². The molecule has 0 aliphatic heterocycles. The zero-order chi connectivity index (χ0) is 16.4. The molecule has 0 bridgehead atoms. The lowest BCUT2D eigenvalue weighted by molar-refractivity contribution is 0.340. The van der Waals surface area contributed by atoms with E-state index in [4.69, 9.17) is 14.5 Å². The van der Waals surface area contributed by atoms with Gasteiger partial charge in [0, 0.05) is 12.0 Å². The van der Waals surface area contributed by atoms with Crippen molar-refractivity contribution >= 4 is 27.0 Å². The van der Waals surface area contributed by atoms with Gasteiger partial charge in [-0.1, -0.05) is 13.0 Å². The normalized spacial score (nSPS) is 12.3. The second-order valence-corrected chi connectivity index (χ2v) is 6.20. The molecule has 1 N–H and O–H groups in total. The molecule has 2 aromatic carbocycles. The van der Waals surface area contributed by atoms with Crippen LogP contribution in [-0.4, -0.2) is 23.7 Å². The first kappa shape index (κ1) is 15.9. The number of aromatic amines is 1. The molecule has 0 amide bonds. The monoisotopic (exact) mass is 374 g/mol. The highest BCUT2D eigenvalue weighted by molar-refractivity contribution is 9.10. The van der Waals surface area contributed by atoms with Crippen LogP contribution in [0.15, 0.2) is 40.9 Å². The maximum Gasteiger partial charge on any atom is 0.133 e. The predicted octanol–water partition coefficient (Wildman–Crippen LogP) is 4.88. The number of halogens is 1. The molecule has 0 fully saturated rings. The summed E-state index contributed by atoms with van der Waals surface area (Å²) in [5.74, 6) is 2.76. The number of rotatable bonds is 5. The number of benzene rings is 2. The molecule has 0 radical (unpaired) electrons. The number of nitrogens with zero attached hydrogens (tertiary/aromatic N) is 1. The van der Waals surface area contributed by atoms with E-state index in [0.717, 1.165) is 32.8 Å². The summed E-state index contributed by atoms with van der Waals surface area (Å²) >= 11 is 3.54. The Labute approximate surface area is 144 Å². The van der Waals surface area contributed by atoms with Gasteiger partial charge < -0.3 is 14.5 Å². The summed E-state index contributed by atoms with van der Waals surface area (Å²) in [6, 6.07) is 12.0. The third kappa shape index (κ3) is 3.20. The summed E-state index contributed by atoms with van der Waals surface area (Å²) in [5, 5.41) is 0. The number of nitrogens with one attached hydrogen (secondary N) is 1. The first-order valence-electron chi connectivity index (χ1n) is 7.58. The summed E-state index contributed by atoms with van der Waals surface area (Å²) in [7, 11) is 1.67. The quantitative estimate of drug-likeness (QED) is 0.691. The van der Waals surface area contributed by atoms with Crippen molar-refractivity contribution in [3.63, 3.8) is 0 Å². The minimum atomic E-state index is 0.153. The molecule has 1 atom stereocenters. The molecule has 5 heteroatoms. The van der Waals surface area contributed by atoms with Crippen molar-refractivity contribution in [1.82, 2.24) is 9.97 Å². The van der Waals surface area contributed by atoms with Gasteiger partial charge in [-0.25, -0.2) is 4.98 Å². The molecule has 23 heavy (non-hydrogen) atoms. The van der Waals surface area contributed by atoms with Crippen molar-refractivity contribution in [3.8, 4) is 11.5 Å². The van der Waals surface area contributed by atoms with Crippen LogP contribution in [0.25, 0.3) is 11.0 Å². The summed E-state index contributed by atoms with van der Waals surface area (Å²) in [5.41, 5.74) is 3.11. The first-order chi connectivity index (χ1) is 11.1. The van der Waals surface area contributed by atoms with Gasteiger partial charge in [0.05, 0.1) is 29.2 Å². The fraction of sp³-hybridized carbons (Fsp3) is 0.278. The third-order valence-electron chi connectivity index (χ3n) is 3.87. The van der Waals surface area contributed by atoms with Crippen LogP contribution in [0.4, 0.5) is 0 Å². The van der Waals surface area contributed by atoms with E-state index in [1.54, 1.807) is 7.11 Å². The molecule has 3 aromatic rings. The van der Waals surface area contributed by atoms with E-state index in [1.807, 2.05) is 31.2 Å². The average molecular weight is 375 g/mol. The number of hydrogen-bond acceptors (Lipinski definition) is 3. The summed E-state index contributed by atoms with van der Waals surface area (Å²) in [6.07, 6.45) is 0. The van der Waals surface area contributed by atoms with E-state index >= 15 is 0 Å². The smallest absolute Gasteiger partial charge is 0.133 e. The number of fused-ring (bicyclic) bond motifs is 1. The minimum absolute atomic E-state index is 0.153. The van der Waals surface area contributed by atoms with Crippen LogP contribution in [0.2, 0.25) is 0 Å². The van der Waals surface area contributed by atoms with Crippen LogP contribution < -0.4 is 9.47 Å². The van der Waals surface area contributed by atoms with Gasteiger partial charge in [0.25, 0.3) is 0 Å². The van der Waals surface area contributed by atoms with Crippen molar-refractivity contribution in [3.05, 3.63) is 52.3 Å². The SMILES string of the molecule is CCOc1ccc2[nH]c(C(C)c3ccc(OC)c(Br)c3)nc2c1. The van der Waals surface area contributed by atoms with E-state index in [-0.39, 0.29) is 5.92 Å². The van der Waals surface area contributed by atoms with Crippen LogP contribution in [-0.2, 0) is 0 Å². The minimum Gasteiger partial charge on any atom is -0.496 e. The highest BCUT2D eigenvalue weighted by atomic mass is 79.9. The Bertz CT molecular complexity index is 829. The molecule has 4 nitrogen and oxygen atoms in total. The van der Waals surface area contributed by atoms with Crippen molar-refractivity contribution in [2.75, 3.05) is 13.7 Å². The molecule has 0 aliphatic rings. The second-order valence-electron chi connectivity index (χ2n) is 5.35. The highest BCUT2D eigenvalue weighted by Crippen LogP contribution is 2.31. The number of hydrogen-bond donors (Lipinski definition) is 1. The summed E-state index contributed by atoms with van der Waals surface area (Å²) in [4.78, 5) is 8.12. The van der Waals surface area contributed by atoms with E-state index in [1.165, 1.54) is 5.56 Å². The standard InChI is InChI=1S/C18H19BrN2O2/c1-4-23-13-6-7-15-16(10-13)21-18(20-15)11(2)12-5-8-17(22-3)14(19)9-12/h5-11H,4H2,1-3H3,(H,20,21). The molecular weight excluding hydrogens is 356 g/mol.